The van der Waals surface area contributed by atoms with Gasteiger partial charge in [0, 0.05) is 24.2 Å². The Kier molecular flexibility index (Phi) is 4.67. The topological polar surface area (TPSA) is 51.0 Å². The lowest BCUT2D eigenvalue weighted by molar-refractivity contribution is 0.0772. The molecule has 0 unspecified atom stereocenters. The highest BCUT2D eigenvalue weighted by Gasteiger charge is 2.24. The molecule has 26 heavy (non-hydrogen) atoms. The first kappa shape index (κ1) is 16.7. The van der Waals surface area contributed by atoms with E-state index in [-0.39, 0.29) is 5.91 Å². The molecule has 3 aromatic heterocycles. The summed E-state index contributed by atoms with van der Waals surface area (Å²) in [5.41, 5.74) is 2.91. The van der Waals surface area contributed by atoms with Crippen LogP contribution >= 0.6 is 11.3 Å². The van der Waals surface area contributed by atoms with Crippen molar-refractivity contribution in [2.75, 3.05) is 13.1 Å². The van der Waals surface area contributed by atoms with Gasteiger partial charge in [-0.3, -0.25) is 4.79 Å². The van der Waals surface area contributed by atoms with Crippen LogP contribution in [0.2, 0.25) is 0 Å². The van der Waals surface area contributed by atoms with Crippen LogP contribution in [0.25, 0.3) is 11.4 Å². The van der Waals surface area contributed by atoms with Gasteiger partial charge in [-0.05, 0) is 42.0 Å². The zero-order valence-electron chi connectivity index (χ0n) is 14.6. The summed E-state index contributed by atoms with van der Waals surface area (Å²) < 4.78 is 1.77. The number of carbonyl (C=O) groups excluding carboxylic acids is 1. The van der Waals surface area contributed by atoms with Gasteiger partial charge in [0.25, 0.3) is 5.91 Å². The predicted molar refractivity (Wildman–Crippen MR) is 104 cm³/mol. The van der Waals surface area contributed by atoms with E-state index in [1.165, 1.54) is 10.5 Å². The molecule has 0 aliphatic carbocycles. The Balaban J connectivity index is 1.57. The standard InChI is InChI=1S/C20H20N4OS/c1-2-17-16(14-22-24(17)19-7-3-4-10-21-19)20(25)23-11-8-15(9-12-23)18-6-5-13-26-18/h3-8,10,13-14H,2,9,11-12H2,1H3. The summed E-state index contributed by atoms with van der Waals surface area (Å²) in [4.78, 5) is 20.6. The van der Waals surface area contributed by atoms with Crippen LogP contribution in [0, 0.1) is 0 Å². The molecule has 1 aliphatic heterocycles. The Morgan fingerprint density at radius 1 is 1.27 bits per heavy atom. The van der Waals surface area contributed by atoms with Crippen molar-refractivity contribution < 1.29 is 4.79 Å². The van der Waals surface area contributed by atoms with E-state index in [1.54, 1.807) is 28.4 Å². The zero-order chi connectivity index (χ0) is 17.9. The summed E-state index contributed by atoms with van der Waals surface area (Å²) in [6.45, 7) is 3.42. The summed E-state index contributed by atoms with van der Waals surface area (Å²) in [5.74, 6) is 0.785. The van der Waals surface area contributed by atoms with Crippen molar-refractivity contribution >= 4 is 22.8 Å². The molecule has 0 radical (unpaired) electrons. The molecule has 0 saturated carbocycles. The molecule has 1 aliphatic rings. The van der Waals surface area contributed by atoms with E-state index in [2.05, 4.69) is 33.7 Å². The highest BCUT2D eigenvalue weighted by molar-refractivity contribution is 7.11. The molecule has 4 rings (SSSR count). The minimum atomic E-state index is 0.0468. The van der Waals surface area contributed by atoms with E-state index < -0.39 is 0 Å². The van der Waals surface area contributed by atoms with Crippen LogP contribution in [0.1, 0.15) is 34.3 Å². The summed E-state index contributed by atoms with van der Waals surface area (Å²) in [6, 6.07) is 9.90. The van der Waals surface area contributed by atoms with E-state index in [1.807, 2.05) is 30.0 Å². The molecule has 0 spiro atoms. The van der Waals surface area contributed by atoms with Crippen molar-refractivity contribution in [3.05, 3.63) is 70.3 Å². The number of pyridine rings is 1. The minimum Gasteiger partial charge on any atom is -0.334 e. The molecule has 0 saturated heterocycles. The van der Waals surface area contributed by atoms with E-state index in [4.69, 9.17) is 0 Å². The van der Waals surface area contributed by atoms with Crippen molar-refractivity contribution in [1.82, 2.24) is 19.7 Å². The van der Waals surface area contributed by atoms with Crippen LogP contribution in [-0.4, -0.2) is 38.7 Å². The molecule has 1 amide bonds. The number of hydrogen-bond acceptors (Lipinski definition) is 4. The first-order valence-corrected chi connectivity index (χ1v) is 9.66. The highest BCUT2D eigenvalue weighted by atomic mass is 32.1. The maximum Gasteiger partial charge on any atom is 0.257 e. The Morgan fingerprint density at radius 2 is 2.19 bits per heavy atom. The molecule has 5 nitrogen and oxygen atoms in total. The molecule has 132 valence electrons. The molecule has 3 aromatic rings. The summed E-state index contributed by atoms with van der Waals surface area (Å²) >= 11 is 1.75. The Morgan fingerprint density at radius 3 is 2.85 bits per heavy atom. The monoisotopic (exact) mass is 364 g/mol. The first-order chi connectivity index (χ1) is 12.8. The van der Waals surface area contributed by atoms with Crippen molar-refractivity contribution in [3.8, 4) is 5.82 Å². The molecule has 6 heteroatoms. The van der Waals surface area contributed by atoms with Gasteiger partial charge in [-0.25, -0.2) is 9.67 Å². The number of carbonyl (C=O) groups is 1. The number of amides is 1. The van der Waals surface area contributed by atoms with Crippen LogP contribution in [0.4, 0.5) is 0 Å². The van der Waals surface area contributed by atoms with E-state index in [0.29, 0.717) is 12.1 Å². The maximum atomic E-state index is 13.0. The number of nitrogens with zero attached hydrogens (tertiary/aromatic N) is 4. The second-order valence-corrected chi connectivity index (χ2v) is 7.11. The van der Waals surface area contributed by atoms with Gasteiger partial charge in [0.15, 0.2) is 5.82 Å². The second kappa shape index (κ2) is 7.25. The lowest BCUT2D eigenvalue weighted by atomic mass is 10.1. The van der Waals surface area contributed by atoms with Gasteiger partial charge in [0.1, 0.15) is 0 Å². The average Bonchev–Trinajstić information content (AvgIpc) is 3.38. The van der Waals surface area contributed by atoms with Gasteiger partial charge in [0.2, 0.25) is 0 Å². The predicted octanol–water partition coefficient (Wildman–Crippen LogP) is 3.82. The van der Waals surface area contributed by atoms with Crippen molar-refractivity contribution in [1.29, 1.82) is 0 Å². The van der Waals surface area contributed by atoms with Crippen LogP contribution in [0.5, 0.6) is 0 Å². The van der Waals surface area contributed by atoms with Gasteiger partial charge in [0.05, 0.1) is 17.5 Å². The van der Waals surface area contributed by atoms with E-state index >= 15 is 0 Å². The molecular formula is C20H20N4OS. The average molecular weight is 364 g/mol. The van der Waals surface area contributed by atoms with Gasteiger partial charge >= 0.3 is 0 Å². The zero-order valence-corrected chi connectivity index (χ0v) is 15.4. The molecule has 0 atom stereocenters. The quantitative estimate of drug-likeness (QED) is 0.707. The fourth-order valence-corrected chi connectivity index (χ4v) is 4.08. The molecule has 0 fully saturated rings. The number of rotatable bonds is 4. The third-order valence-corrected chi connectivity index (χ3v) is 5.58. The molecule has 0 bridgehead atoms. The summed E-state index contributed by atoms with van der Waals surface area (Å²) in [5, 5.41) is 6.51. The third-order valence-electron chi connectivity index (χ3n) is 4.63. The second-order valence-electron chi connectivity index (χ2n) is 6.17. The van der Waals surface area contributed by atoms with Crippen LogP contribution in [0.15, 0.2) is 54.2 Å². The van der Waals surface area contributed by atoms with Crippen LogP contribution < -0.4 is 0 Å². The molecule has 0 aromatic carbocycles. The summed E-state index contributed by atoms with van der Waals surface area (Å²) in [6.07, 6.45) is 7.19. The van der Waals surface area contributed by atoms with Crippen LogP contribution in [0.3, 0.4) is 0 Å². The normalized spacial score (nSPS) is 14.3. The molecule has 4 heterocycles. The number of thiophene rings is 1. The fourth-order valence-electron chi connectivity index (χ4n) is 3.28. The fraction of sp³-hybridized carbons (Fsp3) is 0.250. The molecule has 0 N–H and O–H groups in total. The van der Waals surface area contributed by atoms with Crippen molar-refractivity contribution in [2.45, 2.75) is 19.8 Å². The Hall–Kier alpha value is -2.73. The highest BCUT2D eigenvalue weighted by Crippen LogP contribution is 2.27. The number of aromatic nitrogens is 3. The molecular weight excluding hydrogens is 344 g/mol. The maximum absolute atomic E-state index is 13.0. The SMILES string of the molecule is CCc1c(C(=O)N2CC=C(c3cccs3)CC2)cnn1-c1ccccn1. The van der Waals surface area contributed by atoms with Crippen molar-refractivity contribution in [2.24, 2.45) is 0 Å². The Bertz CT molecular complexity index is 928. The van der Waals surface area contributed by atoms with E-state index in [9.17, 15) is 4.79 Å². The third kappa shape index (κ3) is 3.08. The van der Waals surface area contributed by atoms with Gasteiger partial charge in [-0.2, -0.15) is 5.10 Å². The van der Waals surface area contributed by atoms with Gasteiger partial charge in [-0.15, -0.1) is 11.3 Å². The largest absolute Gasteiger partial charge is 0.334 e. The lowest BCUT2D eigenvalue weighted by Crippen LogP contribution is -2.35. The summed E-state index contributed by atoms with van der Waals surface area (Å²) in [7, 11) is 0. The lowest BCUT2D eigenvalue weighted by Gasteiger charge is -2.26. The Labute approximate surface area is 156 Å². The van der Waals surface area contributed by atoms with Crippen LogP contribution in [-0.2, 0) is 6.42 Å². The van der Waals surface area contributed by atoms with Gasteiger partial charge in [-0.1, -0.05) is 25.1 Å². The smallest absolute Gasteiger partial charge is 0.257 e. The van der Waals surface area contributed by atoms with Gasteiger partial charge < -0.3 is 4.90 Å². The first-order valence-electron chi connectivity index (χ1n) is 8.78. The minimum absolute atomic E-state index is 0.0468. The number of hydrogen-bond donors (Lipinski definition) is 0. The van der Waals surface area contributed by atoms with E-state index in [0.717, 1.165) is 30.9 Å². The van der Waals surface area contributed by atoms with Crippen molar-refractivity contribution in [3.63, 3.8) is 0 Å².